The van der Waals surface area contributed by atoms with Crippen LogP contribution in [0.3, 0.4) is 0 Å². The molecule has 1 aliphatic rings. The molecular weight excluding hydrogens is 232 g/mol. The van der Waals surface area contributed by atoms with Crippen LogP contribution in [0, 0.1) is 0 Å². The number of nitrogens with one attached hydrogen (secondary N) is 1. The van der Waals surface area contributed by atoms with Crippen LogP contribution < -0.4 is 5.32 Å². The Bertz CT molecular complexity index is 447. The number of amides is 1. The fourth-order valence-electron chi connectivity index (χ4n) is 2.02. The van der Waals surface area contributed by atoms with Crippen LogP contribution in [0.4, 0.5) is 0 Å². The van der Waals surface area contributed by atoms with Gasteiger partial charge in [-0.3, -0.25) is 14.5 Å². The maximum absolute atomic E-state index is 11.6. The van der Waals surface area contributed by atoms with Gasteiger partial charge in [0.05, 0.1) is 0 Å². The summed E-state index contributed by atoms with van der Waals surface area (Å²) in [5.41, 5.74) is 1.16. The summed E-state index contributed by atoms with van der Waals surface area (Å²) in [7, 11) is 0. The Balaban J connectivity index is 1.87. The molecule has 3 atom stereocenters. The van der Waals surface area contributed by atoms with Gasteiger partial charge in [-0.25, -0.2) is 0 Å². The van der Waals surface area contributed by atoms with Crippen molar-refractivity contribution in [3.8, 4) is 0 Å². The second-order valence-corrected chi connectivity index (χ2v) is 4.41. The molecule has 18 heavy (non-hydrogen) atoms. The van der Waals surface area contributed by atoms with Crippen LogP contribution in [-0.4, -0.2) is 41.0 Å². The lowest BCUT2D eigenvalue weighted by molar-refractivity contribution is -0.138. The van der Waals surface area contributed by atoms with Gasteiger partial charge in [0.1, 0.15) is 12.6 Å². The summed E-state index contributed by atoms with van der Waals surface area (Å²) in [4.78, 5) is 24.0. The molecule has 2 N–H and O–H groups in total. The number of aliphatic carboxylic acids is 1. The first-order valence-corrected chi connectivity index (χ1v) is 5.90. The van der Waals surface area contributed by atoms with Gasteiger partial charge in [0.25, 0.3) is 0 Å². The van der Waals surface area contributed by atoms with E-state index in [2.05, 4.69) is 5.32 Å². The van der Waals surface area contributed by atoms with E-state index in [9.17, 15) is 9.59 Å². The fraction of sp³-hybridized carbons (Fsp3) is 0.385. The van der Waals surface area contributed by atoms with E-state index in [1.165, 1.54) is 0 Å². The molecule has 0 bridgehead atoms. The molecule has 0 radical (unpaired) electrons. The standard InChI is InChI=1S/C13H16N2O3/c1-9(10-5-3-2-4-6-10)15-8-11(15)13(18)14-7-12(16)17/h2-6,9,11H,7-8H2,1H3,(H,14,18)(H,16,17). The maximum atomic E-state index is 11.6. The molecule has 0 aromatic heterocycles. The molecule has 2 rings (SSSR count). The first kappa shape index (κ1) is 12.6. The molecule has 1 amide bonds. The third-order valence-electron chi connectivity index (χ3n) is 3.15. The van der Waals surface area contributed by atoms with Gasteiger partial charge >= 0.3 is 5.97 Å². The Kier molecular flexibility index (Phi) is 3.62. The molecule has 1 aromatic rings. The number of hydrogen-bond donors (Lipinski definition) is 2. The summed E-state index contributed by atoms with van der Waals surface area (Å²) in [5.74, 6) is -1.23. The van der Waals surface area contributed by atoms with Crippen LogP contribution in [0.25, 0.3) is 0 Å². The molecule has 1 heterocycles. The molecular formula is C13H16N2O3. The Morgan fingerprint density at radius 3 is 2.72 bits per heavy atom. The van der Waals surface area contributed by atoms with Crippen LogP contribution in [0.1, 0.15) is 18.5 Å². The number of nitrogens with zero attached hydrogens (tertiary/aromatic N) is 1. The first-order chi connectivity index (χ1) is 8.59. The molecule has 1 aromatic carbocycles. The SMILES string of the molecule is CC(c1ccccc1)N1CC1C(=O)NCC(=O)O. The van der Waals surface area contributed by atoms with E-state index < -0.39 is 5.97 Å². The van der Waals surface area contributed by atoms with Gasteiger partial charge in [-0.2, -0.15) is 0 Å². The van der Waals surface area contributed by atoms with E-state index >= 15 is 0 Å². The predicted octanol–water partition coefficient (Wildman–Crippen LogP) is 0.633. The third-order valence-corrected chi connectivity index (χ3v) is 3.15. The Morgan fingerprint density at radius 2 is 2.11 bits per heavy atom. The highest BCUT2D eigenvalue weighted by Crippen LogP contribution is 2.31. The van der Waals surface area contributed by atoms with E-state index in [1.807, 2.05) is 42.2 Å². The molecule has 5 heteroatoms. The molecule has 1 aliphatic heterocycles. The monoisotopic (exact) mass is 248 g/mol. The summed E-state index contributed by atoms with van der Waals surface area (Å²) >= 11 is 0. The lowest BCUT2D eigenvalue weighted by atomic mass is 10.1. The fourth-order valence-corrected chi connectivity index (χ4v) is 2.02. The second kappa shape index (κ2) is 5.18. The minimum atomic E-state index is -1.02. The normalized spacial score (nSPS) is 23.2. The smallest absolute Gasteiger partial charge is 0.322 e. The summed E-state index contributed by atoms with van der Waals surface area (Å²) in [6, 6.07) is 9.91. The van der Waals surface area contributed by atoms with E-state index in [1.54, 1.807) is 0 Å². The van der Waals surface area contributed by atoms with Crippen molar-refractivity contribution in [1.82, 2.24) is 10.2 Å². The zero-order chi connectivity index (χ0) is 13.1. The third kappa shape index (κ3) is 2.87. The van der Waals surface area contributed by atoms with Crippen molar-refractivity contribution in [2.24, 2.45) is 0 Å². The van der Waals surface area contributed by atoms with Gasteiger partial charge in [-0.05, 0) is 12.5 Å². The van der Waals surface area contributed by atoms with Gasteiger partial charge in [0.15, 0.2) is 0 Å². The van der Waals surface area contributed by atoms with E-state index in [0.717, 1.165) is 5.56 Å². The Hall–Kier alpha value is -1.88. The Morgan fingerprint density at radius 1 is 1.44 bits per heavy atom. The van der Waals surface area contributed by atoms with Crippen molar-refractivity contribution in [1.29, 1.82) is 0 Å². The minimum absolute atomic E-state index is 0.173. The maximum Gasteiger partial charge on any atom is 0.322 e. The van der Waals surface area contributed by atoms with Crippen LogP contribution in [0.5, 0.6) is 0 Å². The molecule has 5 nitrogen and oxygen atoms in total. The van der Waals surface area contributed by atoms with Gasteiger partial charge in [0.2, 0.25) is 5.91 Å². The number of carbonyl (C=O) groups is 2. The predicted molar refractivity (Wildman–Crippen MR) is 66.0 cm³/mol. The van der Waals surface area contributed by atoms with Crippen molar-refractivity contribution >= 4 is 11.9 Å². The highest BCUT2D eigenvalue weighted by Gasteiger charge is 2.43. The number of carboxylic acids is 1. The van der Waals surface area contributed by atoms with Gasteiger partial charge < -0.3 is 10.4 Å². The van der Waals surface area contributed by atoms with Crippen LogP contribution >= 0.6 is 0 Å². The number of rotatable bonds is 5. The van der Waals surface area contributed by atoms with Crippen molar-refractivity contribution in [3.05, 3.63) is 35.9 Å². The number of benzene rings is 1. The zero-order valence-electron chi connectivity index (χ0n) is 10.2. The number of hydrogen-bond acceptors (Lipinski definition) is 3. The second-order valence-electron chi connectivity index (χ2n) is 4.41. The van der Waals surface area contributed by atoms with E-state index in [-0.39, 0.29) is 24.5 Å². The highest BCUT2D eigenvalue weighted by molar-refractivity contribution is 5.87. The van der Waals surface area contributed by atoms with Gasteiger partial charge in [-0.1, -0.05) is 30.3 Å². The average Bonchev–Trinajstić information content (AvgIpc) is 3.16. The topological polar surface area (TPSA) is 69.4 Å². The lowest BCUT2D eigenvalue weighted by Gasteiger charge is -2.14. The van der Waals surface area contributed by atoms with Crippen LogP contribution in [0.15, 0.2) is 30.3 Å². The van der Waals surface area contributed by atoms with Crippen LogP contribution in [-0.2, 0) is 9.59 Å². The quantitative estimate of drug-likeness (QED) is 0.750. The zero-order valence-corrected chi connectivity index (χ0v) is 10.2. The molecule has 0 saturated carbocycles. The highest BCUT2D eigenvalue weighted by atomic mass is 16.4. The molecule has 3 unspecified atom stereocenters. The summed E-state index contributed by atoms with van der Waals surface area (Å²) in [5, 5.41) is 10.9. The van der Waals surface area contributed by atoms with Gasteiger partial charge in [0, 0.05) is 12.6 Å². The number of carbonyl (C=O) groups excluding carboxylic acids is 1. The summed E-state index contributed by atoms with van der Waals surface area (Å²) < 4.78 is 0. The molecule has 0 aliphatic carbocycles. The molecule has 0 spiro atoms. The van der Waals surface area contributed by atoms with Crippen molar-refractivity contribution in [3.63, 3.8) is 0 Å². The number of carboxylic acid groups (broad SMARTS) is 1. The van der Waals surface area contributed by atoms with Crippen molar-refractivity contribution < 1.29 is 14.7 Å². The largest absolute Gasteiger partial charge is 0.480 e. The molecule has 1 fully saturated rings. The minimum Gasteiger partial charge on any atom is -0.480 e. The summed E-state index contributed by atoms with van der Waals surface area (Å²) in [6.07, 6.45) is 0. The average molecular weight is 248 g/mol. The van der Waals surface area contributed by atoms with E-state index in [0.29, 0.717) is 6.54 Å². The lowest BCUT2D eigenvalue weighted by Crippen LogP contribution is -2.34. The van der Waals surface area contributed by atoms with Crippen molar-refractivity contribution in [2.75, 3.05) is 13.1 Å². The molecule has 96 valence electrons. The van der Waals surface area contributed by atoms with Crippen LogP contribution in [0.2, 0.25) is 0 Å². The van der Waals surface area contributed by atoms with Crippen molar-refractivity contribution in [2.45, 2.75) is 19.0 Å². The Labute approximate surface area is 105 Å². The van der Waals surface area contributed by atoms with E-state index in [4.69, 9.17) is 5.11 Å². The molecule has 1 saturated heterocycles. The summed E-state index contributed by atoms with van der Waals surface area (Å²) in [6.45, 7) is 2.41. The first-order valence-electron chi connectivity index (χ1n) is 5.90. The van der Waals surface area contributed by atoms with Gasteiger partial charge in [-0.15, -0.1) is 0 Å².